The first-order valence-electron chi connectivity index (χ1n) is 9.12. The molecule has 2 aromatic carbocycles. The maximum absolute atomic E-state index is 12.7. The fraction of sp³-hybridized carbons (Fsp3) is 0.350. The van der Waals surface area contributed by atoms with Crippen molar-refractivity contribution in [1.29, 1.82) is 0 Å². The number of aryl methyl sites for hydroxylation is 1. The highest BCUT2D eigenvalue weighted by Gasteiger charge is 2.26. The molecule has 28 heavy (non-hydrogen) atoms. The minimum atomic E-state index is -3.60. The van der Waals surface area contributed by atoms with Crippen molar-refractivity contribution in [2.75, 3.05) is 38.2 Å². The number of rotatable bonds is 7. The van der Waals surface area contributed by atoms with Gasteiger partial charge in [-0.1, -0.05) is 23.8 Å². The number of nitrogens with zero attached hydrogens (tertiary/aromatic N) is 1. The van der Waals surface area contributed by atoms with Crippen LogP contribution < -0.4 is 10.1 Å². The van der Waals surface area contributed by atoms with Gasteiger partial charge in [0.05, 0.1) is 31.1 Å². The molecule has 7 nitrogen and oxygen atoms in total. The van der Waals surface area contributed by atoms with Crippen LogP contribution in [0.25, 0.3) is 0 Å². The van der Waals surface area contributed by atoms with Gasteiger partial charge in [-0.05, 0) is 37.3 Å². The van der Waals surface area contributed by atoms with E-state index in [0.29, 0.717) is 37.7 Å². The number of amides is 1. The van der Waals surface area contributed by atoms with Gasteiger partial charge in [0, 0.05) is 18.8 Å². The minimum absolute atomic E-state index is 0.156. The van der Waals surface area contributed by atoms with Crippen LogP contribution in [-0.4, -0.2) is 51.5 Å². The molecule has 0 saturated carbocycles. The average Bonchev–Trinajstić information content (AvgIpc) is 2.70. The number of ether oxygens (including phenoxy) is 2. The van der Waals surface area contributed by atoms with E-state index in [0.717, 1.165) is 5.56 Å². The molecule has 8 heteroatoms. The number of hydrogen-bond acceptors (Lipinski definition) is 5. The Morgan fingerprint density at radius 2 is 1.86 bits per heavy atom. The molecule has 0 atom stereocenters. The lowest BCUT2D eigenvalue weighted by Gasteiger charge is -2.26. The van der Waals surface area contributed by atoms with Crippen molar-refractivity contribution in [3.8, 4) is 5.75 Å². The van der Waals surface area contributed by atoms with E-state index in [4.69, 9.17) is 9.47 Å². The second kappa shape index (κ2) is 9.18. The molecule has 150 valence electrons. The number of morpholine rings is 1. The van der Waals surface area contributed by atoms with E-state index in [9.17, 15) is 13.2 Å². The first-order chi connectivity index (χ1) is 13.4. The first kappa shape index (κ1) is 20.3. The van der Waals surface area contributed by atoms with Crippen molar-refractivity contribution in [3.05, 3.63) is 54.1 Å². The predicted molar refractivity (Wildman–Crippen MR) is 106 cm³/mol. The van der Waals surface area contributed by atoms with Crippen LogP contribution in [-0.2, 0) is 19.6 Å². The molecule has 0 aliphatic carbocycles. The van der Waals surface area contributed by atoms with E-state index < -0.39 is 10.0 Å². The number of sulfonamides is 1. The summed E-state index contributed by atoms with van der Waals surface area (Å²) in [4.78, 5) is 12.3. The third-order valence-electron chi connectivity index (χ3n) is 4.34. The molecule has 1 amide bonds. The van der Waals surface area contributed by atoms with E-state index in [1.165, 1.54) is 16.4 Å². The summed E-state index contributed by atoms with van der Waals surface area (Å²) in [6, 6.07) is 13.9. The predicted octanol–water partition coefficient (Wildman–Crippen LogP) is 2.42. The maximum Gasteiger partial charge on any atom is 0.243 e. The number of nitrogens with one attached hydrogen (secondary N) is 1. The van der Waals surface area contributed by atoms with Crippen molar-refractivity contribution in [2.24, 2.45) is 0 Å². The first-order valence-corrected chi connectivity index (χ1v) is 10.6. The Balaban J connectivity index is 1.56. The molecule has 2 aromatic rings. The summed E-state index contributed by atoms with van der Waals surface area (Å²) in [6.07, 6.45) is 0.161. The SMILES string of the molecule is Cc1ccc(OCCC(=O)Nc2cccc(S(=O)(=O)N3CCOCC3)c2)cc1. The quantitative estimate of drug-likeness (QED) is 0.766. The molecule has 1 fully saturated rings. The van der Waals surface area contributed by atoms with Crippen molar-refractivity contribution in [1.82, 2.24) is 4.31 Å². The highest BCUT2D eigenvalue weighted by atomic mass is 32.2. The molecule has 1 saturated heterocycles. The summed E-state index contributed by atoms with van der Waals surface area (Å²) < 4.78 is 37.6. The Kier molecular flexibility index (Phi) is 6.66. The van der Waals surface area contributed by atoms with Crippen LogP contribution in [0.4, 0.5) is 5.69 Å². The number of carbonyl (C=O) groups excluding carboxylic acids is 1. The third-order valence-corrected chi connectivity index (χ3v) is 6.24. The Morgan fingerprint density at radius 1 is 1.14 bits per heavy atom. The van der Waals surface area contributed by atoms with E-state index >= 15 is 0 Å². The van der Waals surface area contributed by atoms with E-state index in [-0.39, 0.29) is 23.8 Å². The van der Waals surface area contributed by atoms with Crippen LogP contribution in [0.2, 0.25) is 0 Å². The van der Waals surface area contributed by atoms with Gasteiger partial charge in [-0.2, -0.15) is 4.31 Å². The highest BCUT2D eigenvalue weighted by Crippen LogP contribution is 2.20. The van der Waals surface area contributed by atoms with Gasteiger partial charge in [-0.25, -0.2) is 8.42 Å². The zero-order valence-electron chi connectivity index (χ0n) is 15.8. The Hall–Kier alpha value is -2.42. The number of benzene rings is 2. The second-order valence-corrected chi connectivity index (χ2v) is 8.44. The third kappa shape index (κ3) is 5.31. The molecule has 1 aliphatic heterocycles. The molecule has 1 heterocycles. The minimum Gasteiger partial charge on any atom is -0.493 e. The average molecular weight is 404 g/mol. The standard InChI is InChI=1S/C20H24N2O5S/c1-16-5-7-18(8-6-16)27-12-9-20(23)21-17-3-2-4-19(15-17)28(24,25)22-10-13-26-14-11-22/h2-8,15H,9-14H2,1H3,(H,21,23). The Morgan fingerprint density at radius 3 is 2.57 bits per heavy atom. The van der Waals surface area contributed by atoms with Gasteiger partial charge in [0.1, 0.15) is 5.75 Å². The van der Waals surface area contributed by atoms with Crippen molar-refractivity contribution >= 4 is 21.6 Å². The van der Waals surface area contributed by atoms with Crippen molar-refractivity contribution in [3.63, 3.8) is 0 Å². The molecule has 1 N–H and O–H groups in total. The van der Waals surface area contributed by atoms with Crippen LogP contribution in [0.3, 0.4) is 0 Å². The fourth-order valence-corrected chi connectivity index (χ4v) is 4.24. The summed E-state index contributed by atoms with van der Waals surface area (Å²) in [5.74, 6) is 0.463. The summed E-state index contributed by atoms with van der Waals surface area (Å²) in [5.41, 5.74) is 1.58. The second-order valence-electron chi connectivity index (χ2n) is 6.50. The van der Waals surface area contributed by atoms with Gasteiger partial charge < -0.3 is 14.8 Å². The summed E-state index contributed by atoms with van der Waals surface area (Å²) in [7, 11) is -3.60. The number of anilines is 1. The van der Waals surface area contributed by atoms with E-state index in [1.807, 2.05) is 31.2 Å². The normalized spacial score (nSPS) is 15.2. The van der Waals surface area contributed by atoms with E-state index in [2.05, 4.69) is 5.32 Å². The van der Waals surface area contributed by atoms with Crippen molar-refractivity contribution < 1.29 is 22.7 Å². The topological polar surface area (TPSA) is 84.9 Å². The zero-order chi connectivity index (χ0) is 20.0. The summed E-state index contributed by atoms with van der Waals surface area (Å²) in [6.45, 7) is 3.66. The van der Waals surface area contributed by atoms with Gasteiger partial charge in [0.2, 0.25) is 15.9 Å². The van der Waals surface area contributed by atoms with Crippen LogP contribution in [0.5, 0.6) is 5.75 Å². The monoisotopic (exact) mass is 404 g/mol. The van der Waals surface area contributed by atoms with Crippen molar-refractivity contribution in [2.45, 2.75) is 18.2 Å². The van der Waals surface area contributed by atoms with Crippen LogP contribution in [0.15, 0.2) is 53.4 Å². The summed E-state index contributed by atoms with van der Waals surface area (Å²) >= 11 is 0. The number of carbonyl (C=O) groups is 1. The van der Waals surface area contributed by atoms with Gasteiger partial charge in [-0.15, -0.1) is 0 Å². The molecule has 0 bridgehead atoms. The fourth-order valence-electron chi connectivity index (χ4n) is 2.79. The lowest BCUT2D eigenvalue weighted by atomic mass is 10.2. The van der Waals surface area contributed by atoms with E-state index in [1.54, 1.807) is 12.1 Å². The molecule has 0 spiro atoms. The smallest absolute Gasteiger partial charge is 0.243 e. The Labute approximate surface area is 165 Å². The molecule has 0 radical (unpaired) electrons. The molecular formula is C20H24N2O5S. The highest BCUT2D eigenvalue weighted by molar-refractivity contribution is 7.89. The molecule has 3 rings (SSSR count). The molecule has 1 aliphatic rings. The number of hydrogen-bond donors (Lipinski definition) is 1. The Bertz CT molecular complexity index is 906. The van der Waals surface area contributed by atoms with Gasteiger partial charge in [0.15, 0.2) is 0 Å². The van der Waals surface area contributed by atoms with Gasteiger partial charge >= 0.3 is 0 Å². The summed E-state index contributed by atoms with van der Waals surface area (Å²) in [5, 5.41) is 2.73. The lowest BCUT2D eigenvalue weighted by Crippen LogP contribution is -2.40. The largest absolute Gasteiger partial charge is 0.493 e. The molecular weight excluding hydrogens is 380 g/mol. The lowest BCUT2D eigenvalue weighted by molar-refractivity contribution is -0.116. The molecule has 0 unspecified atom stereocenters. The van der Waals surface area contributed by atoms with Crippen LogP contribution in [0.1, 0.15) is 12.0 Å². The van der Waals surface area contributed by atoms with Crippen LogP contribution in [0, 0.1) is 6.92 Å². The molecule has 0 aromatic heterocycles. The van der Waals surface area contributed by atoms with Gasteiger partial charge in [-0.3, -0.25) is 4.79 Å². The van der Waals surface area contributed by atoms with Gasteiger partial charge in [0.25, 0.3) is 0 Å². The van der Waals surface area contributed by atoms with Crippen LogP contribution >= 0.6 is 0 Å². The zero-order valence-corrected chi connectivity index (χ0v) is 16.6. The maximum atomic E-state index is 12.7.